The quantitative estimate of drug-likeness (QED) is 0.745. The molecule has 160 valence electrons. The summed E-state index contributed by atoms with van der Waals surface area (Å²) in [7, 11) is 0. The molecule has 0 aromatic heterocycles. The van der Waals surface area contributed by atoms with E-state index in [2.05, 4.69) is 52.8 Å². The third-order valence-electron chi connectivity index (χ3n) is 6.43. The summed E-state index contributed by atoms with van der Waals surface area (Å²) < 4.78 is 0. The average Bonchev–Trinajstić information content (AvgIpc) is 2.98. The molecule has 2 atom stereocenters. The first-order valence-corrected chi connectivity index (χ1v) is 10.8. The molecular weight excluding hydrogens is 392 g/mol. The highest BCUT2D eigenvalue weighted by Crippen LogP contribution is 2.30. The van der Waals surface area contributed by atoms with Crippen LogP contribution in [0.4, 0.5) is 5.69 Å². The van der Waals surface area contributed by atoms with E-state index in [-0.39, 0.29) is 24.1 Å². The zero-order chi connectivity index (χ0) is 21.5. The number of imide groups is 1. The lowest BCUT2D eigenvalue weighted by molar-refractivity contribution is -0.136. The summed E-state index contributed by atoms with van der Waals surface area (Å²) in [5.74, 6) is -0.771. The Balaban J connectivity index is 1.38. The molecule has 0 bridgehead atoms. The molecule has 1 fully saturated rings. The topological polar surface area (TPSA) is 81.8 Å². The van der Waals surface area contributed by atoms with Crippen LogP contribution < -0.4 is 15.5 Å². The molecule has 3 heterocycles. The van der Waals surface area contributed by atoms with Crippen molar-refractivity contribution < 1.29 is 14.4 Å². The van der Waals surface area contributed by atoms with Gasteiger partial charge in [0.15, 0.2) is 0 Å². The lowest BCUT2D eigenvalue weighted by atomic mass is 10.0. The summed E-state index contributed by atoms with van der Waals surface area (Å²) in [5, 5.41) is 5.90. The first kappa shape index (κ1) is 19.8. The minimum atomic E-state index is -0.578. The average molecular weight is 418 g/mol. The van der Waals surface area contributed by atoms with Gasteiger partial charge in [0.25, 0.3) is 5.91 Å². The third kappa shape index (κ3) is 3.70. The van der Waals surface area contributed by atoms with Crippen LogP contribution in [-0.2, 0) is 29.2 Å². The first-order chi connectivity index (χ1) is 15.0. The van der Waals surface area contributed by atoms with Crippen LogP contribution in [0.25, 0.3) is 0 Å². The van der Waals surface area contributed by atoms with Gasteiger partial charge in [0.2, 0.25) is 11.8 Å². The Morgan fingerprint density at radius 2 is 1.90 bits per heavy atom. The van der Waals surface area contributed by atoms with E-state index in [4.69, 9.17) is 0 Å². The van der Waals surface area contributed by atoms with Gasteiger partial charge in [-0.3, -0.25) is 19.7 Å². The van der Waals surface area contributed by atoms with E-state index in [0.717, 1.165) is 24.2 Å². The number of benzene rings is 2. The van der Waals surface area contributed by atoms with Crippen LogP contribution in [0.2, 0.25) is 0 Å². The first-order valence-electron chi connectivity index (χ1n) is 10.8. The number of nitrogens with zero attached hydrogens (tertiary/aromatic N) is 2. The maximum absolute atomic E-state index is 13.1. The summed E-state index contributed by atoms with van der Waals surface area (Å²) in [4.78, 5) is 40.8. The zero-order valence-electron chi connectivity index (χ0n) is 17.6. The molecule has 3 amide bonds. The van der Waals surface area contributed by atoms with E-state index >= 15 is 0 Å². The number of hydrogen-bond acceptors (Lipinski definition) is 5. The molecule has 2 aromatic rings. The summed E-state index contributed by atoms with van der Waals surface area (Å²) in [6, 6.07) is 14.2. The molecule has 1 saturated heterocycles. The van der Waals surface area contributed by atoms with E-state index in [1.54, 1.807) is 4.90 Å². The molecule has 0 spiro atoms. The number of fused-ring (bicyclic) bond motifs is 2. The van der Waals surface area contributed by atoms with Gasteiger partial charge in [-0.15, -0.1) is 0 Å². The van der Waals surface area contributed by atoms with Crippen molar-refractivity contribution in [2.24, 2.45) is 0 Å². The number of para-hydroxylation sites is 1. The van der Waals surface area contributed by atoms with Gasteiger partial charge in [-0.25, -0.2) is 0 Å². The molecule has 0 aliphatic carbocycles. The molecule has 2 unspecified atom stereocenters. The summed E-state index contributed by atoms with van der Waals surface area (Å²) in [5.41, 5.74) is 5.16. The SMILES string of the molecule is CC1CN(Cc2ccc3c(c2)C(=O)N(C2CCC(=O)NC2=O)C3)c2ccccc2CN1. The zero-order valence-corrected chi connectivity index (χ0v) is 17.6. The lowest BCUT2D eigenvalue weighted by Crippen LogP contribution is -2.52. The fourth-order valence-electron chi connectivity index (χ4n) is 4.82. The minimum Gasteiger partial charge on any atom is -0.365 e. The molecule has 0 saturated carbocycles. The van der Waals surface area contributed by atoms with Crippen molar-refractivity contribution >= 4 is 23.4 Å². The maximum Gasteiger partial charge on any atom is 0.255 e. The number of piperidine rings is 1. The Morgan fingerprint density at radius 1 is 1.06 bits per heavy atom. The Bertz CT molecular complexity index is 1070. The number of carbonyl (C=O) groups excluding carboxylic acids is 3. The molecular formula is C24H26N4O3. The molecule has 2 aromatic carbocycles. The fraction of sp³-hybridized carbons (Fsp3) is 0.375. The summed E-state index contributed by atoms with van der Waals surface area (Å²) >= 11 is 0. The van der Waals surface area contributed by atoms with Gasteiger partial charge in [-0.05, 0) is 42.2 Å². The van der Waals surface area contributed by atoms with Gasteiger partial charge in [0.1, 0.15) is 6.04 Å². The van der Waals surface area contributed by atoms with Crippen LogP contribution in [0, 0.1) is 0 Å². The Morgan fingerprint density at radius 3 is 2.74 bits per heavy atom. The van der Waals surface area contributed by atoms with Gasteiger partial charge in [-0.1, -0.05) is 30.3 Å². The largest absolute Gasteiger partial charge is 0.365 e. The van der Waals surface area contributed by atoms with Gasteiger partial charge in [-0.2, -0.15) is 0 Å². The Kier molecular flexibility index (Phi) is 4.98. The second kappa shape index (κ2) is 7.81. The molecule has 7 heteroatoms. The van der Waals surface area contributed by atoms with Crippen LogP contribution >= 0.6 is 0 Å². The van der Waals surface area contributed by atoms with Crippen molar-refractivity contribution in [3.05, 3.63) is 64.7 Å². The summed E-state index contributed by atoms with van der Waals surface area (Å²) in [6.07, 6.45) is 0.648. The third-order valence-corrected chi connectivity index (χ3v) is 6.43. The highest BCUT2D eigenvalue weighted by molar-refractivity contribution is 6.05. The monoisotopic (exact) mass is 418 g/mol. The van der Waals surface area contributed by atoms with E-state index in [1.807, 2.05) is 12.1 Å². The predicted octanol–water partition coefficient (Wildman–Crippen LogP) is 1.95. The number of amides is 3. The van der Waals surface area contributed by atoms with Crippen molar-refractivity contribution in [2.45, 2.75) is 51.5 Å². The van der Waals surface area contributed by atoms with Crippen LogP contribution in [0.5, 0.6) is 0 Å². The molecule has 5 rings (SSSR count). The van der Waals surface area contributed by atoms with Gasteiger partial charge < -0.3 is 15.1 Å². The van der Waals surface area contributed by atoms with E-state index in [1.165, 1.54) is 11.3 Å². The van der Waals surface area contributed by atoms with E-state index < -0.39 is 6.04 Å². The van der Waals surface area contributed by atoms with Crippen LogP contribution in [0.3, 0.4) is 0 Å². The highest BCUT2D eigenvalue weighted by Gasteiger charge is 2.39. The van der Waals surface area contributed by atoms with Gasteiger partial charge >= 0.3 is 0 Å². The number of rotatable bonds is 3. The van der Waals surface area contributed by atoms with Crippen LogP contribution in [0.15, 0.2) is 42.5 Å². The fourth-order valence-corrected chi connectivity index (χ4v) is 4.82. The van der Waals surface area contributed by atoms with Crippen LogP contribution in [-0.4, -0.2) is 41.2 Å². The molecule has 0 radical (unpaired) electrons. The minimum absolute atomic E-state index is 0.127. The molecule has 3 aliphatic rings. The molecule has 3 aliphatic heterocycles. The second-order valence-electron chi connectivity index (χ2n) is 8.68. The number of anilines is 1. The standard InChI is InChI=1S/C24H26N4O3/c1-15-12-27(20-5-3-2-4-17(20)11-25-15)13-16-6-7-18-14-28(24(31)19(18)10-16)21-8-9-22(29)26-23(21)30/h2-7,10,15,21,25H,8-9,11-14H2,1H3,(H,26,29,30). The second-order valence-corrected chi connectivity index (χ2v) is 8.68. The highest BCUT2D eigenvalue weighted by atomic mass is 16.2. The molecule has 7 nitrogen and oxygen atoms in total. The Hall–Kier alpha value is -3.19. The van der Waals surface area contributed by atoms with Crippen molar-refractivity contribution in [3.8, 4) is 0 Å². The number of carbonyl (C=O) groups is 3. The Labute approximate surface area is 181 Å². The van der Waals surface area contributed by atoms with E-state index in [0.29, 0.717) is 31.1 Å². The van der Waals surface area contributed by atoms with Crippen LogP contribution in [0.1, 0.15) is 46.8 Å². The lowest BCUT2D eigenvalue weighted by Gasteiger charge is -2.29. The molecule has 31 heavy (non-hydrogen) atoms. The van der Waals surface area contributed by atoms with E-state index in [9.17, 15) is 14.4 Å². The number of hydrogen-bond donors (Lipinski definition) is 2. The van der Waals surface area contributed by atoms with Crippen molar-refractivity contribution in [1.82, 2.24) is 15.5 Å². The number of nitrogens with one attached hydrogen (secondary N) is 2. The molecule has 2 N–H and O–H groups in total. The van der Waals surface area contributed by atoms with Gasteiger partial charge in [0.05, 0.1) is 0 Å². The van der Waals surface area contributed by atoms with Crippen molar-refractivity contribution in [2.75, 3.05) is 11.4 Å². The normalized spacial score (nSPS) is 23.3. The van der Waals surface area contributed by atoms with Crippen molar-refractivity contribution in [3.63, 3.8) is 0 Å². The smallest absolute Gasteiger partial charge is 0.255 e. The van der Waals surface area contributed by atoms with Gasteiger partial charge in [0, 0.05) is 49.9 Å². The van der Waals surface area contributed by atoms with Crippen molar-refractivity contribution in [1.29, 1.82) is 0 Å². The maximum atomic E-state index is 13.1. The summed E-state index contributed by atoms with van der Waals surface area (Å²) in [6.45, 7) is 5.03. The predicted molar refractivity (Wildman–Crippen MR) is 116 cm³/mol.